The first-order valence-corrected chi connectivity index (χ1v) is 7.61. The number of nitrogens with two attached hydrogens (primary N) is 1. The van der Waals surface area contributed by atoms with Crippen molar-refractivity contribution in [3.8, 4) is 5.75 Å². The number of rotatable bonds is 2. The van der Waals surface area contributed by atoms with Crippen molar-refractivity contribution in [2.45, 2.75) is 6.92 Å². The first kappa shape index (κ1) is 15.1. The van der Waals surface area contributed by atoms with Crippen molar-refractivity contribution >= 4 is 55.8 Å². The second-order valence-corrected chi connectivity index (χ2v) is 6.35. The number of phenols is 1. The standard InChI is InChI=1S/C14H12BrIN2O2/c1-7-4-9(15)13(11(17)5-7)18-14(20)8-2-3-10(16)12(19)6-8/h2-6,19H,17H2,1H3,(H,18,20). The molecule has 0 heterocycles. The summed E-state index contributed by atoms with van der Waals surface area (Å²) in [6, 6.07) is 8.41. The fourth-order valence-corrected chi connectivity index (χ4v) is 2.77. The molecule has 104 valence electrons. The van der Waals surface area contributed by atoms with Crippen molar-refractivity contribution in [2.75, 3.05) is 11.1 Å². The van der Waals surface area contributed by atoms with Gasteiger partial charge in [-0.1, -0.05) is 0 Å². The molecule has 0 aliphatic rings. The van der Waals surface area contributed by atoms with Crippen molar-refractivity contribution in [3.05, 3.63) is 49.5 Å². The number of halogens is 2. The molecule has 0 aromatic heterocycles. The number of carbonyl (C=O) groups excluding carboxylic acids is 1. The second-order valence-electron chi connectivity index (χ2n) is 4.33. The van der Waals surface area contributed by atoms with Gasteiger partial charge in [0.25, 0.3) is 5.91 Å². The predicted octanol–water partition coefficient (Wildman–Crippen LogP) is 3.90. The van der Waals surface area contributed by atoms with Crippen LogP contribution in [0.15, 0.2) is 34.8 Å². The van der Waals surface area contributed by atoms with E-state index >= 15 is 0 Å². The van der Waals surface area contributed by atoms with Crippen molar-refractivity contribution in [2.24, 2.45) is 0 Å². The van der Waals surface area contributed by atoms with Gasteiger partial charge in [0.1, 0.15) is 5.75 Å². The average Bonchev–Trinajstić information content (AvgIpc) is 2.36. The largest absolute Gasteiger partial charge is 0.507 e. The van der Waals surface area contributed by atoms with E-state index in [0.717, 1.165) is 10.0 Å². The molecule has 1 amide bonds. The molecule has 0 saturated heterocycles. The number of hydrogen-bond acceptors (Lipinski definition) is 3. The SMILES string of the molecule is Cc1cc(N)c(NC(=O)c2ccc(I)c(O)c2)c(Br)c1. The molecule has 6 heteroatoms. The van der Waals surface area contributed by atoms with Crippen LogP contribution in [0.5, 0.6) is 5.75 Å². The number of phenolic OH excluding ortho intramolecular Hbond substituents is 1. The molecule has 0 fully saturated rings. The van der Waals surface area contributed by atoms with Crippen LogP contribution in [0.2, 0.25) is 0 Å². The summed E-state index contributed by atoms with van der Waals surface area (Å²) in [5.74, 6) is -0.248. The summed E-state index contributed by atoms with van der Waals surface area (Å²) in [5, 5.41) is 12.4. The number of aryl methyl sites for hydroxylation is 1. The highest BCUT2D eigenvalue weighted by Gasteiger charge is 2.12. The molecule has 4 nitrogen and oxygen atoms in total. The molecule has 0 aliphatic heterocycles. The zero-order valence-corrected chi connectivity index (χ0v) is 14.3. The third-order valence-corrected chi connectivity index (χ3v) is 4.25. The Hall–Kier alpha value is -1.28. The van der Waals surface area contributed by atoms with Crippen LogP contribution in [0.25, 0.3) is 0 Å². The van der Waals surface area contributed by atoms with Crippen LogP contribution in [0, 0.1) is 10.5 Å². The van der Waals surface area contributed by atoms with Gasteiger partial charge in [-0.15, -0.1) is 0 Å². The topological polar surface area (TPSA) is 75.3 Å². The molecule has 0 bridgehead atoms. The third-order valence-electron chi connectivity index (χ3n) is 2.71. The molecule has 0 spiro atoms. The van der Waals surface area contributed by atoms with Crippen LogP contribution in [0.3, 0.4) is 0 Å². The van der Waals surface area contributed by atoms with Crippen molar-refractivity contribution < 1.29 is 9.90 Å². The number of nitrogen functional groups attached to an aromatic ring is 1. The van der Waals surface area contributed by atoms with Crippen LogP contribution in [-0.4, -0.2) is 11.0 Å². The third kappa shape index (κ3) is 3.24. The quantitative estimate of drug-likeness (QED) is 0.483. The highest BCUT2D eigenvalue weighted by molar-refractivity contribution is 14.1. The number of nitrogens with one attached hydrogen (secondary N) is 1. The normalized spacial score (nSPS) is 10.3. The summed E-state index contributed by atoms with van der Waals surface area (Å²) in [6.07, 6.45) is 0. The summed E-state index contributed by atoms with van der Waals surface area (Å²) in [4.78, 5) is 12.2. The Labute approximate surface area is 138 Å². The minimum absolute atomic E-state index is 0.0780. The molecule has 0 atom stereocenters. The van der Waals surface area contributed by atoms with Gasteiger partial charge in [0, 0.05) is 10.0 Å². The number of benzene rings is 2. The zero-order chi connectivity index (χ0) is 14.9. The Balaban J connectivity index is 2.30. The molecule has 2 rings (SSSR count). The Kier molecular flexibility index (Phi) is 4.54. The molecule has 20 heavy (non-hydrogen) atoms. The number of amides is 1. The molecule has 0 saturated carbocycles. The Morgan fingerprint density at radius 1 is 1.35 bits per heavy atom. The molecule has 0 unspecified atom stereocenters. The van der Waals surface area contributed by atoms with Crippen molar-refractivity contribution in [1.82, 2.24) is 0 Å². The van der Waals surface area contributed by atoms with E-state index in [-0.39, 0.29) is 11.7 Å². The van der Waals surface area contributed by atoms with Crippen molar-refractivity contribution in [1.29, 1.82) is 0 Å². The zero-order valence-electron chi connectivity index (χ0n) is 10.6. The molecular formula is C14H12BrIN2O2. The lowest BCUT2D eigenvalue weighted by molar-refractivity contribution is 0.102. The first-order chi connectivity index (χ1) is 9.38. The molecule has 2 aromatic carbocycles. The summed E-state index contributed by atoms with van der Waals surface area (Å²) in [5.41, 5.74) is 8.29. The van der Waals surface area contributed by atoms with Gasteiger partial charge in [0.15, 0.2) is 0 Å². The van der Waals surface area contributed by atoms with E-state index in [9.17, 15) is 9.90 Å². The maximum absolute atomic E-state index is 12.2. The van der Waals surface area contributed by atoms with Crippen LogP contribution >= 0.6 is 38.5 Å². The fourth-order valence-electron chi connectivity index (χ4n) is 1.74. The van der Waals surface area contributed by atoms with E-state index < -0.39 is 0 Å². The highest BCUT2D eigenvalue weighted by atomic mass is 127. The Bertz CT molecular complexity index is 666. The lowest BCUT2D eigenvalue weighted by Crippen LogP contribution is -2.13. The van der Waals surface area contributed by atoms with Crippen LogP contribution < -0.4 is 11.1 Å². The predicted molar refractivity (Wildman–Crippen MR) is 92.1 cm³/mol. The summed E-state index contributed by atoms with van der Waals surface area (Å²) < 4.78 is 1.41. The first-order valence-electron chi connectivity index (χ1n) is 5.74. The number of anilines is 2. The van der Waals surface area contributed by atoms with Gasteiger partial charge in [-0.3, -0.25) is 4.79 Å². The average molecular weight is 447 g/mol. The van der Waals surface area contributed by atoms with Gasteiger partial charge >= 0.3 is 0 Å². The Morgan fingerprint density at radius 2 is 2.05 bits per heavy atom. The lowest BCUT2D eigenvalue weighted by Gasteiger charge is -2.12. The fraction of sp³-hybridized carbons (Fsp3) is 0.0714. The molecule has 2 aromatic rings. The van der Waals surface area contributed by atoms with Gasteiger partial charge < -0.3 is 16.2 Å². The minimum Gasteiger partial charge on any atom is -0.507 e. The summed E-state index contributed by atoms with van der Waals surface area (Å²) in [6.45, 7) is 1.92. The van der Waals surface area contributed by atoms with E-state index in [1.165, 1.54) is 6.07 Å². The second kappa shape index (κ2) is 6.01. The molecule has 0 radical (unpaired) electrons. The summed E-state index contributed by atoms with van der Waals surface area (Å²) >= 11 is 5.37. The van der Waals surface area contributed by atoms with Gasteiger partial charge in [-0.2, -0.15) is 0 Å². The van der Waals surface area contributed by atoms with Gasteiger partial charge in [0.2, 0.25) is 0 Å². The Morgan fingerprint density at radius 3 is 2.65 bits per heavy atom. The van der Waals surface area contributed by atoms with E-state index in [1.807, 2.05) is 35.6 Å². The molecule has 0 aliphatic carbocycles. The minimum atomic E-state index is -0.326. The van der Waals surface area contributed by atoms with Crippen molar-refractivity contribution in [3.63, 3.8) is 0 Å². The monoisotopic (exact) mass is 446 g/mol. The highest BCUT2D eigenvalue weighted by Crippen LogP contribution is 2.31. The lowest BCUT2D eigenvalue weighted by atomic mass is 10.1. The van der Waals surface area contributed by atoms with Gasteiger partial charge in [-0.25, -0.2) is 0 Å². The molecule has 4 N–H and O–H groups in total. The van der Waals surface area contributed by atoms with Crippen LogP contribution in [-0.2, 0) is 0 Å². The van der Waals surface area contributed by atoms with Crippen LogP contribution in [0.4, 0.5) is 11.4 Å². The van der Waals surface area contributed by atoms with E-state index in [1.54, 1.807) is 18.2 Å². The van der Waals surface area contributed by atoms with Gasteiger partial charge in [0.05, 0.1) is 14.9 Å². The van der Waals surface area contributed by atoms with E-state index in [0.29, 0.717) is 20.5 Å². The summed E-state index contributed by atoms with van der Waals surface area (Å²) in [7, 11) is 0. The maximum Gasteiger partial charge on any atom is 0.255 e. The number of hydrogen-bond donors (Lipinski definition) is 3. The van der Waals surface area contributed by atoms with E-state index in [4.69, 9.17) is 5.73 Å². The maximum atomic E-state index is 12.2. The number of carbonyl (C=O) groups is 1. The number of aromatic hydroxyl groups is 1. The van der Waals surface area contributed by atoms with Gasteiger partial charge in [-0.05, 0) is 81.3 Å². The van der Waals surface area contributed by atoms with E-state index in [2.05, 4.69) is 21.2 Å². The molecular weight excluding hydrogens is 435 g/mol. The van der Waals surface area contributed by atoms with Crippen LogP contribution in [0.1, 0.15) is 15.9 Å². The smallest absolute Gasteiger partial charge is 0.255 e.